The van der Waals surface area contributed by atoms with Gasteiger partial charge in [0.15, 0.2) is 0 Å². The number of nitrogens with zero attached hydrogens (tertiary/aromatic N) is 3. The van der Waals surface area contributed by atoms with Crippen molar-refractivity contribution >= 4 is 16.1 Å². The monoisotopic (exact) mass is 457 g/mol. The van der Waals surface area contributed by atoms with Crippen molar-refractivity contribution in [2.75, 3.05) is 32.8 Å². The first-order chi connectivity index (χ1) is 15.4. The zero-order valence-electron chi connectivity index (χ0n) is 18.7. The molecule has 2 fully saturated rings. The number of urea groups is 1. The minimum absolute atomic E-state index is 0.0541. The summed E-state index contributed by atoms with van der Waals surface area (Å²) in [6, 6.07) is 15.0. The van der Waals surface area contributed by atoms with Crippen LogP contribution in [-0.4, -0.2) is 67.4 Å². The first-order valence-corrected chi connectivity index (χ1v) is 12.7. The summed E-state index contributed by atoms with van der Waals surface area (Å²) in [5.41, 5.74) is 2.33. The Labute approximate surface area is 190 Å². The number of hydrogen-bond acceptors (Lipinski definition) is 4. The molecular weight excluding hydrogens is 426 g/mol. The molecule has 4 rings (SSSR count). The zero-order chi connectivity index (χ0) is 22.7. The van der Waals surface area contributed by atoms with Crippen LogP contribution in [0, 0.1) is 6.92 Å². The summed E-state index contributed by atoms with van der Waals surface area (Å²) in [4.78, 5) is 17.1. The highest BCUT2D eigenvalue weighted by Gasteiger charge is 2.37. The topological polar surface area (TPSA) is 70.2 Å². The van der Waals surface area contributed by atoms with Crippen molar-refractivity contribution in [3.8, 4) is 5.75 Å². The number of ether oxygens (including phenoxy) is 1. The number of amides is 2. The van der Waals surface area contributed by atoms with E-state index in [0.717, 1.165) is 5.56 Å². The summed E-state index contributed by atoms with van der Waals surface area (Å²) in [6.45, 7) is 7.33. The molecule has 2 aromatic carbocycles. The van der Waals surface area contributed by atoms with Crippen LogP contribution in [0.4, 0.5) is 4.79 Å². The van der Waals surface area contributed by atoms with Gasteiger partial charge in [-0.15, -0.1) is 0 Å². The van der Waals surface area contributed by atoms with Crippen LogP contribution >= 0.6 is 0 Å². The van der Waals surface area contributed by atoms with Crippen LogP contribution in [0.15, 0.2) is 53.4 Å². The van der Waals surface area contributed by atoms with E-state index in [1.54, 1.807) is 24.3 Å². The number of benzene rings is 2. The lowest BCUT2D eigenvalue weighted by atomic mass is 10.1. The Morgan fingerprint density at radius 1 is 0.938 bits per heavy atom. The lowest BCUT2D eigenvalue weighted by molar-refractivity contribution is 0.153. The van der Waals surface area contributed by atoms with Gasteiger partial charge in [-0.1, -0.05) is 29.8 Å². The SMILES string of the molecule is CCOc1ccc(S(=O)(=O)N2CCC(N3CCN(Cc4ccc(C)cc4)C3=O)CC2)cc1. The number of rotatable bonds is 7. The van der Waals surface area contributed by atoms with Crippen molar-refractivity contribution in [1.29, 1.82) is 0 Å². The Kier molecular flexibility index (Phi) is 6.71. The summed E-state index contributed by atoms with van der Waals surface area (Å²) in [7, 11) is -3.55. The average Bonchev–Trinajstić information content (AvgIpc) is 3.16. The van der Waals surface area contributed by atoms with E-state index in [-0.39, 0.29) is 17.0 Å². The van der Waals surface area contributed by atoms with Gasteiger partial charge in [0.2, 0.25) is 10.0 Å². The fraction of sp³-hybridized carbons (Fsp3) is 0.458. The molecule has 2 saturated heterocycles. The number of carbonyl (C=O) groups is 1. The van der Waals surface area contributed by atoms with Crippen molar-refractivity contribution in [3.05, 3.63) is 59.7 Å². The normalized spacial score (nSPS) is 18.4. The maximum absolute atomic E-state index is 13.0. The molecule has 0 aromatic heterocycles. The molecule has 0 spiro atoms. The average molecular weight is 458 g/mol. The number of hydrogen-bond donors (Lipinski definition) is 0. The maximum Gasteiger partial charge on any atom is 0.320 e. The molecule has 0 saturated carbocycles. The Bertz CT molecular complexity index is 1030. The van der Waals surface area contributed by atoms with E-state index in [1.165, 1.54) is 9.87 Å². The van der Waals surface area contributed by atoms with Crippen molar-refractivity contribution in [1.82, 2.24) is 14.1 Å². The highest BCUT2D eigenvalue weighted by atomic mass is 32.2. The Morgan fingerprint density at radius 3 is 2.22 bits per heavy atom. The van der Waals surface area contributed by atoms with Crippen LogP contribution in [0.3, 0.4) is 0 Å². The second-order valence-corrected chi connectivity index (χ2v) is 10.4. The van der Waals surface area contributed by atoms with E-state index < -0.39 is 10.0 Å². The van der Waals surface area contributed by atoms with Crippen LogP contribution in [-0.2, 0) is 16.6 Å². The highest BCUT2D eigenvalue weighted by Crippen LogP contribution is 2.27. The predicted molar refractivity (Wildman–Crippen MR) is 123 cm³/mol. The largest absolute Gasteiger partial charge is 0.494 e. The van der Waals surface area contributed by atoms with Gasteiger partial charge in [-0.2, -0.15) is 4.31 Å². The molecule has 0 aliphatic carbocycles. The molecule has 2 heterocycles. The highest BCUT2D eigenvalue weighted by molar-refractivity contribution is 7.89. The van der Waals surface area contributed by atoms with Crippen molar-refractivity contribution < 1.29 is 17.9 Å². The standard InChI is InChI=1S/C24H31N3O4S/c1-3-31-22-8-10-23(11-9-22)32(29,30)26-14-12-21(13-15-26)27-17-16-25(24(27)28)18-20-6-4-19(2)5-7-20/h4-11,21H,3,12-18H2,1-2H3. The third-order valence-electron chi connectivity index (χ3n) is 6.26. The third kappa shape index (κ3) is 4.76. The van der Waals surface area contributed by atoms with E-state index in [0.29, 0.717) is 57.9 Å². The zero-order valence-corrected chi connectivity index (χ0v) is 19.6. The Balaban J connectivity index is 1.34. The van der Waals surface area contributed by atoms with Crippen molar-refractivity contribution in [2.45, 2.75) is 44.2 Å². The summed E-state index contributed by atoms with van der Waals surface area (Å²) >= 11 is 0. The molecule has 2 aliphatic heterocycles. The number of carbonyl (C=O) groups excluding carboxylic acids is 1. The lowest BCUT2D eigenvalue weighted by Crippen LogP contribution is -2.47. The first-order valence-electron chi connectivity index (χ1n) is 11.2. The van der Waals surface area contributed by atoms with E-state index in [9.17, 15) is 13.2 Å². The van der Waals surface area contributed by atoms with Gasteiger partial charge in [-0.05, 0) is 56.5 Å². The van der Waals surface area contributed by atoms with E-state index in [1.807, 2.05) is 16.7 Å². The molecule has 2 amide bonds. The molecule has 0 N–H and O–H groups in total. The molecule has 2 aliphatic rings. The van der Waals surface area contributed by atoms with Gasteiger partial charge in [0.05, 0.1) is 11.5 Å². The summed E-state index contributed by atoms with van der Waals surface area (Å²) in [5.74, 6) is 0.660. The lowest BCUT2D eigenvalue weighted by Gasteiger charge is -2.35. The van der Waals surface area contributed by atoms with Gasteiger partial charge in [-0.3, -0.25) is 0 Å². The minimum Gasteiger partial charge on any atom is -0.494 e. The van der Waals surface area contributed by atoms with Crippen LogP contribution in [0.5, 0.6) is 5.75 Å². The summed E-state index contributed by atoms with van der Waals surface area (Å²) < 4.78 is 33.0. The maximum atomic E-state index is 13.0. The fourth-order valence-corrected chi connectivity index (χ4v) is 5.89. The molecule has 0 unspecified atom stereocenters. The third-order valence-corrected chi connectivity index (χ3v) is 8.17. The van der Waals surface area contributed by atoms with Crippen molar-refractivity contribution in [3.63, 3.8) is 0 Å². The smallest absolute Gasteiger partial charge is 0.320 e. The molecule has 8 heteroatoms. The van der Waals surface area contributed by atoms with Gasteiger partial charge in [0, 0.05) is 38.8 Å². The van der Waals surface area contributed by atoms with Gasteiger partial charge in [0.1, 0.15) is 5.75 Å². The van der Waals surface area contributed by atoms with Gasteiger partial charge >= 0.3 is 6.03 Å². The van der Waals surface area contributed by atoms with E-state index >= 15 is 0 Å². The second kappa shape index (κ2) is 9.50. The molecule has 7 nitrogen and oxygen atoms in total. The molecule has 32 heavy (non-hydrogen) atoms. The summed E-state index contributed by atoms with van der Waals surface area (Å²) in [5, 5.41) is 0. The Hall–Kier alpha value is -2.58. The molecule has 0 bridgehead atoms. The Morgan fingerprint density at radius 2 is 1.59 bits per heavy atom. The second-order valence-electron chi connectivity index (χ2n) is 8.42. The molecular formula is C24H31N3O4S. The van der Waals surface area contributed by atoms with E-state index in [2.05, 4.69) is 31.2 Å². The van der Waals surface area contributed by atoms with Gasteiger partial charge in [-0.25, -0.2) is 13.2 Å². The predicted octanol–water partition coefficient (Wildman–Crippen LogP) is 3.48. The number of piperidine rings is 1. The van der Waals surface area contributed by atoms with Gasteiger partial charge in [0.25, 0.3) is 0 Å². The van der Waals surface area contributed by atoms with Gasteiger partial charge < -0.3 is 14.5 Å². The number of aryl methyl sites for hydroxylation is 1. The molecule has 0 atom stereocenters. The van der Waals surface area contributed by atoms with Crippen LogP contribution in [0.1, 0.15) is 30.9 Å². The summed E-state index contributed by atoms with van der Waals surface area (Å²) in [6.07, 6.45) is 1.31. The van der Waals surface area contributed by atoms with Crippen LogP contribution in [0.25, 0.3) is 0 Å². The number of sulfonamides is 1. The van der Waals surface area contributed by atoms with Crippen molar-refractivity contribution in [2.24, 2.45) is 0 Å². The molecule has 0 radical (unpaired) electrons. The van der Waals surface area contributed by atoms with Crippen LogP contribution < -0.4 is 4.74 Å². The van der Waals surface area contributed by atoms with E-state index in [4.69, 9.17) is 4.74 Å². The minimum atomic E-state index is -3.55. The fourth-order valence-electron chi connectivity index (χ4n) is 4.42. The molecule has 2 aromatic rings. The van der Waals surface area contributed by atoms with Crippen LogP contribution in [0.2, 0.25) is 0 Å². The molecule has 172 valence electrons. The first kappa shape index (κ1) is 22.6. The quantitative estimate of drug-likeness (QED) is 0.638.